The van der Waals surface area contributed by atoms with Gasteiger partial charge in [-0.1, -0.05) is 30.3 Å². The summed E-state index contributed by atoms with van der Waals surface area (Å²) >= 11 is 0. The summed E-state index contributed by atoms with van der Waals surface area (Å²) < 4.78 is 5.28. The van der Waals surface area contributed by atoms with E-state index in [0.717, 1.165) is 11.3 Å². The number of anilines is 2. The number of fused-ring (bicyclic) bond motifs is 1. The molecular formula is C18H18N2O3. The molecule has 0 spiro atoms. The van der Waals surface area contributed by atoms with Crippen LogP contribution in [0.15, 0.2) is 48.5 Å². The fraction of sp³-hybridized carbons (Fsp3) is 0.222. The molecule has 0 saturated heterocycles. The third kappa shape index (κ3) is 3.04. The molecule has 0 aromatic heterocycles. The molecule has 0 saturated carbocycles. The molecule has 23 heavy (non-hydrogen) atoms. The normalized spacial score (nSPS) is 16.3. The second kappa shape index (κ2) is 6.12. The summed E-state index contributed by atoms with van der Waals surface area (Å²) in [6, 6.07) is 14.7. The van der Waals surface area contributed by atoms with Crippen molar-refractivity contribution in [1.29, 1.82) is 0 Å². The van der Waals surface area contributed by atoms with Gasteiger partial charge in [-0.2, -0.15) is 0 Å². The van der Waals surface area contributed by atoms with E-state index in [2.05, 4.69) is 5.32 Å². The second-order valence-electron chi connectivity index (χ2n) is 5.66. The molecule has 2 aromatic rings. The molecule has 5 nitrogen and oxygen atoms in total. The van der Waals surface area contributed by atoms with Crippen LogP contribution in [0.3, 0.4) is 0 Å². The smallest absolute Gasteiger partial charge is 0.339 e. The van der Waals surface area contributed by atoms with Gasteiger partial charge in [0.05, 0.1) is 16.9 Å². The highest BCUT2D eigenvalue weighted by Gasteiger charge is 2.31. The maximum Gasteiger partial charge on any atom is 0.339 e. The van der Waals surface area contributed by atoms with Crippen LogP contribution in [0.25, 0.3) is 0 Å². The number of rotatable bonds is 3. The summed E-state index contributed by atoms with van der Waals surface area (Å²) in [5.74, 6) is -0.768. The van der Waals surface area contributed by atoms with E-state index < -0.39 is 12.1 Å². The summed E-state index contributed by atoms with van der Waals surface area (Å²) in [6.45, 7) is 0. The average Bonchev–Trinajstić information content (AvgIpc) is 2.55. The van der Waals surface area contributed by atoms with Crippen molar-refractivity contribution in [1.82, 2.24) is 0 Å². The maximum absolute atomic E-state index is 12.5. The summed E-state index contributed by atoms with van der Waals surface area (Å²) in [4.78, 5) is 26.4. The number of carbonyl (C=O) groups is 2. The number of esters is 1. The Hall–Kier alpha value is -2.82. The molecule has 1 aliphatic rings. The molecule has 1 aliphatic heterocycles. The van der Waals surface area contributed by atoms with Crippen molar-refractivity contribution in [3.8, 4) is 0 Å². The minimum atomic E-state index is -0.812. The van der Waals surface area contributed by atoms with Crippen molar-refractivity contribution < 1.29 is 14.3 Å². The molecule has 118 valence electrons. The van der Waals surface area contributed by atoms with Gasteiger partial charge >= 0.3 is 5.97 Å². The number of nitrogens with zero attached hydrogens (tertiary/aromatic N) is 1. The van der Waals surface area contributed by atoms with E-state index in [4.69, 9.17) is 4.74 Å². The van der Waals surface area contributed by atoms with E-state index in [9.17, 15) is 9.59 Å². The molecule has 2 aromatic carbocycles. The highest BCUT2D eigenvalue weighted by molar-refractivity contribution is 6.01. The topological polar surface area (TPSA) is 58.6 Å². The van der Waals surface area contributed by atoms with Crippen molar-refractivity contribution in [2.75, 3.05) is 24.3 Å². The van der Waals surface area contributed by atoms with Gasteiger partial charge in [0.15, 0.2) is 6.10 Å². The van der Waals surface area contributed by atoms with Crippen molar-refractivity contribution in [2.24, 2.45) is 0 Å². The molecule has 1 N–H and O–H groups in total. The lowest BCUT2D eigenvalue weighted by Gasteiger charge is -2.25. The van der Waals surface area contributed by atoms with Crippen LogP contribution in [-0.4, -0.2) is 32.1 Å². The van der Waals surface area contributed by atoms with Gasteiger partial charge < -0.3 is 15.0 Å². The predicted molar refractivity (Wildman–Crippen MR) is 88.7 cm³/mol. The van der Waals surface area contributed by atoms with E-state index >= 15 is 0 Å². The van der Waals surface area contributed by atoms with Gasteiger partial charge in [0.2, 0.25) is 0 Å². The number of hydrogen-bond donors (Lipinski definition) is 1. The van der Waals surface area contributed by atoms with E-state index in [1.54, 1.807) is 12.1 Å². The highest BCUT2D eigenvalue weighted by Crippen LogP contribution is 2.25. The third-order valence-corrected chi connectivity index (χ3v) is 3.83. The number of benzene rings is 2. The lowest BCUT2D eigenvalue weighted by molar-refractivity contribution is -0.125. The number of amides is 1. The number of carbonyl (C=O) groups excluding carboxylic acids is 2. The lowest BCUT2D eigenvalue weighted by atomic mass is 9.98. The zero-order valence-electron chi connectivity index (χ0n) is 13.1. The van der Waals surface area contributed by atoms with Crippen molar-refractivity contribution in [2.45, 2.75) is 12.5 Å². The Labute approximate surface area is 134 Å². The summed E-state index contributed by atoms with van der Waals surface area (Å²) in [6.07, 6.45) is -0.426. The Morgan fingerprint density at radius 3 is 2.61 bits per heavy atom. The van der Waals surface area contributed by atoms with Gasteiger partial charge in [-0.05, 0) is 23.8 Å². The molecule has 5 heteroatoms. The number of nitrogens with one attached hydrogen (secondary N) is 1. The van der Waals surface area contributed by atoms with Crippen LogP contribution in [-0.2, 0) is 16.0 Å². The molecule has 1 atom stereocenters. The Morgan fingerprint density at radius 1 is 1.13 bits per heavy atom. The van der Waals surface area contributed by atoms with Crippen molar-refractivity contribution >= 4 is 23.3 Å². The first-order valence-corrected chi connectivity index (χ1v) is 7.42. The number of cyclic esters (lactones) is 1. The van der Waals surface area contributed by atoms with Crippen LogP contribution in [0.2, 0.25) is 0 Å². The fourth-order valence-electron chi connectivity index (χ4n) is 2.66. The lowest BCUT2D eigenvalue weighted by Crippen LogP contribution is -2.38. The van der Waals surface area contributed by atoms with E-state index in [1.165, 1.54) is 0 Å². The summed E-state index contributed by atoms with van der Waals surface area (Å²) in [5.41, 5.74) is 2.95. The van der Waals surface area contributed by atoms with Crippen LogP contribution in [0.5, 0.6) is 0 Å². The van der Waals surface area contributed by atoms with Crippen LogP contribution < -0.4 is 10.2 Å². The first kappa shape index (κ1) is 15.1. The maximum atomic E-state index is 12.5. The van der Waals surface area contributed by atoms with Crippen LogP contribution in [0.1, 0.15) is 15.9 Å². The average molecular weight is 310 g/mol. The SMILES string of the molecule is CN(C)c1ccccc1NC(=O)C1Cc2ccccc2C(=O)O1. The Bertz CT molecular complexity index is 755. The van der Waals surface area contributed by atoms with Crippen LogP contribution in [0.4, 0.5) is 11.4 Å². The molecule has 0 radical (unpaired) electrons. The summed E-state index contributed by atoms with van der Waals surface area (Å²) in [5, 5.41) is 2.86. The largest absolute Gasteiger partial charge is 0.448 e. The van der Waals surface area contributed by atoms with E-state index in [1.807, 2.05) is 55.4 Å². The fourth-order valence-corrected chi connectivity index (χ4v) is 2.66. The molecule has 3 rings (SSSR count). The highest BCUT2D eigenvalue weighted by atomic mass is 16.5. The molecule has 1 amide bonds. The van der Waals surface area contributed by atoms with Gasteiger partial charge in [0, 0.05) is 20.5 Å². The zero-order chi connectivity index (χ0) is 16.4. The van der Waals surface area contributed by atoms with E-state index in [0.29, 0.717) is 17.7 Å². The second-order valence-corrected chi connectivity index (χ2v) is 5.66. The monoisotopic (exact) mass is 310 g/mol. The van der Waals surface area contributed by atoms with Crippen molar-refractivity contribution in [3.63, 3.8) is 0 Å². The van der Waals surface area contributed by atoms with E-state index in [-0.39, 0.29) is 5.91 Å². The molecule has 1 heterocycles. The molecule has 0 aliphatic carbocycles. The minimum absolute atomic E-state index is 0.317. The number of hydrogen-bond acceptors (Lipinski definition) is 4. The van der Waals surface area contributed by atoms with Gasteiger partial charge in [-0.15, -0.1) is 0 Å². The minimum Gasteiger partial charge on any atom is -0.448 e. The molecule has 1 unspecified atom stereocenters. The van der Waals surface area contributed by atoms with Gasteiger partial charge in [0.25, 0.3) is 5.91 Å². The zero-order valence-corrected chi connectivity index (χ0v) is 13.1. The first-order chi connectivity index (χ1) is 11.1. The number of ether oxygens (including phenoxy) is 1. The Kier molecular flexibility index (Phi) is 4.02. The van der Waals surface area contributed by atoms with Gasteiger partial charge in [0.1, 0.15) is 0 Å². The Balaban J connectivity index is 1.79. The summed E-state index contributed by atoms with van der Waals surface area (Å²) in [7, 11) is 3.81. The quantitative estimate of drug-likeness (QED) is 0.885. The third-order valence-electron chi connectivity index (χ3n) is 3.83. The van der Waals surface area contributed by atoms with Crippen LogP contribution in [0, 0.1) is 0 Å². The molecule has 0 bridgehead atoms. The predicted octanol–water partition coefficient (Wildman–Crippen LogP) is 2.47. The van der Waals surface area contributed by atoms with Gasteiger partial charge in [-0.3, -0.25) is 4.79 Å². The Morgan fingerprint density at radius 2 is 1.83 bits per heavy atom. The molecule has 0 fully saturated rings. The number of para-hydroxylation sites is 2. The van der Waals surface area contributed by atoms with Crippen molar-refractivity contribution in [3.05, 3.63) is 59.7 Å². The molecular weight excluding hydrogens is 292 g/mol. The standard InChI is InChI=1S/C18H18N2O3/c1-20(2)15-10-6-5-9-14(15)19-17(21)16-11-12-7-3-4-8-13(12)18(22)23-16/h3-10,16H,11H2,1-2H3,(H,19,21). The van der Waals surface area contributed by atoms with Crippen LogP contribution >= 0.6 is 0 Å². The van der Waals surface area contributed by atoms with Gasteiger partial charge in [-0.25, -0.2) is 4.79 Å². The first-order valence-electron chi connectivity index (χ1n) is 7.42.